The van der Waals surface area contributed by atoms with Gasteiger partial charge >= 0.3 is 0 Å². The van der Waals surface area contributed by atoms with E-state index in [-0.39, 0.29) is 0 Å². The highest BCUT2D eigenvalue weighted by molar-refractivity contribution is 5.78. The molecule has 1 heterocycles. The molecule has 0 bridgehead atoms. The van der Waals surface area contributed by atoms with E-state index in [4.69, 9.17) is 15.2 Å². The van der Waals surface area contributed by atoms with Gasteiger partial charge in [-0.25, -0.2) is 0 Å². The largest absolute Gasteiger partial charge is 0.382 e. The standard InChI is InChI=1S/C10H21N3O2/c1-12-10(11)13-4-3-9(7-13)8-15-6-5-14-2/h9H,3-8H2,1-2H3,(H2,11,12). The molecule has 0 aliphatic carbocycles. The molecule has 5 nitrogen and oxygen atoms in total. The predicted molar refractivity (Wildman–Crippen MR) is 59.9 cm³/mol. The first kappa shape index (κ1) is 12.3. The minimum Gasteiger partial charge on any atom is -0.382 e. The number of ether oxygens (including phenoxy) is 2. The van der Waals surface area contributed by atoms with Gasteiger partial charge in [0.1, 0.15) is 0 Å². The molecular formula is C10H21N3O2. The molecule has 1 atom stereocenters. The quantitative estimate of drug-likeness (QED) is 0.396. The van der Waals surface area contributed by atoms with Gasteiger partial charge in [-0.15, -0.1) is 0 Å². The van der Waals surface area contributed by atoms with Gasteiger partial charge in [0.2, 0.25) is 0 Å². The van der Waals surface area contributed by atoms with Crippen LogP contribution < -0.4 is 5.73 Å². The Hall–Kier alpha value is -0.810. The molecule has 1 aliphatic heterocycles. The Morgan fingerprint density at radius 3 is 3.00 bits per heavy atom. The summed E-state index contributed by atoms with van der Waals surface area (Å²) in [6.07, 6.45) is 1.13. The molecule has 0 spiro atoms. The third kappa shape index (κ3) is 4.05. The zero-order valence-corrected chi connectivity index (χ0v) is 9.61. The summed E-state index contributed by atoms with van der Waals surface area (Å²) in [4.78, 5) is 6.08. The van der Waals surface area contributed by atoms with Crippen molar-refractivity contribution < 1.29 is 9.47 Å². The van der Waals surface area contributed by atoms with Gasteiger partial charge in [0, 0.05) is 33.2 Å². The second kappa shape index (κ2) is 6.63. The predicted octanol–water partition coefficient (Wildman–Crippen LogP) is -0.0842. The van der Waals surface area contributed by atoms with Crippen molar-refractivity contribution in [3.8, 4) is 0 Å². The van der Waals surface area contributed by atoms with E-state index in [1.807, 2.05) is 0 Å². The van der Waals surface area contributed by atoms with Crippen molar-refractivity contribution in [2.24, 2.45) is 16.6 Å². The number of rotatable bonds is 5. The highest BCUT2D eigenvalue weighted by atomic mass is 16.5. The van der Waals surface area contributed by atoms with Gasteiger partial charge in [0.15, 0.2) is 5.96 Å². The molecule has 0 aromatic rings. The lowest BCUT2D eigenvalue weighted by molar-refractivity contribution is 0.0536. The minimum atomic E-state index is 0.571. The van der Waals surface area contributed by atoms with E-state index in [0.717, 1.165) is 26.1 Å². The Bertz CT molecular complexity index is 209. The lowest BCUT2D eigenvalue weighted by Crippen LogP contribution is -2.35. The Balaban J connectivity index is 2.14. The van der Waals surface area contributed by atoms with E-state index in [2.05, 4.69) is 9.89 Å². The van der Waals surface area contributed by atoms with Crippen LogP contribution in [-0.4, -0.2) is 57.9 Å². The lowest BCUT2D eigenvalue weighted by Gasteiger charge is -2.16. The van der Waals surface area contributed by atoms with Crippen LogP contribution in [0.3, 0.4) is 0 Å². The van der Waals surface area contributed by atoms with Crippen LogP contribution in [0.15, 0.2) is 4.99 Å². The molecular weight excluding hydrogens is 194 g/mol. The maximum Gasteiger partial charge on any atom is 0.190 e. The molecule has 1 saturated heterocycles. The summed E-state index contributed by atoms with van der Waals surface area (Å²) in [7, 11) is 3.40. The van der Waals surface area contributed by atoms with E-state index < -0.39 is 0 Å². The van der Waals surface area contributed by atoms with Gasteiger partial charge in [0.25, 0.3) is 0 Å². The van der Waals surface area contributed by atoms with Crippen LogP contribution in [0.1, 0.15) is 6.42 Å². The summed E-state index contributed by atoms with van der Waals surface area (Å²) >= 11 is 0. The Kier molecular flexibility index (Phi) is 5.42. The molecule has 0 aromatic carbocycles. The second-order valence-corrected chi connectivity index (χ2v) is 3.75. The van der Waals surface area contributed by atoms with Crippen LogP contribution in [0.5, 0.6) is 0 Å². The van der Waals surface area contributed by atoms with Crippen molar-refractivity contribution in [2.45, 2.75) is 6.42 Å². The molecule has 15 heavy (non-hydrogen) atoms. The monoisotopic (exact) mass is 215 g/mol. The molecule has 2 N–H and O–H groups in total. The number of nitrogens with zero attached hydrogens (tertiary/aromatic N) is 2. The average Bonchev–Trinajstić information content (AvgIpc) is 2.72. The second-order valence-electron chi connectivity index (χ2n) is 3.75. The number of hydrogen-bond donors (Lipinski definition) is 1. The van der Waals surface area contributed by atoms with Crippen molar-refractivity contribution >= 4 is 5.96 Å². The SMILES string of the molecule is CN=C(N)N1CCC(COCCOC)C1. The Labute approximate surface area is 91.2 Å². The number of likely N-dealkylation sites (tertiary alicyclic amines) is 1. The lowest BCUT2D eigenvalue weighted by atomic mass is 10.1. The van der Waals surface area contributed by atoms with Crippen LogP contribution in [0, 0.1) is 5.92 Å². The number of hydrogen-bond acceptors (Lipinski definition) is 3. The van der Waals surface area contributed by atoms with E-state index in [0.29, 0.717) is 25.1 Å². The molecule has 1 fully saturated rings. The zero-order valence-electron chi connectivity index (χ0n) is 9.61. The third-order valence-electron chi connectivity index (χ3n) is 2.62. The summed E-state index contributed by atoms with van der Waals surface area (Å²) < 4.78 is 10.4. The van der Waals surface area contributed by atoms with Gasteiger partial charge in [0.05, 0.1) is 19.8 Å². The summed E-state index contributed by atoms with van der Waals surface area (Å²) in [6, 6.07) is 0. The Morgan fingerprint density at radius 1 is 1.53 bits per heavy atom. The fourth-order valence-corrected chi connectivity index (χ4v) is 1.71. The number of methoxy groups -OCH3 is 1. The zero-order chi connectivity index (χ0) is 11.1. The van der Waals surface area contributed by atoms with Crippen LogP contribution in [-0.2, 0) is 9.47 Å². The summed E-state index contributed by atoms with van der Waals surface area (Å²) in [5, 5.41) is 0. The van der Waals surface area contributed by atoms with Gasteiger partial charge in [-0.1, -0.05) is 0 Å². The summed E-state index contributed by atoms with van der Waals surface area (Å²) in [5.41, 5.74) is 5.73. The molecule has 0 saturated carbocycles. The summed E-state index contributed by atoms with van der Waals surface area (Å²) in [5.74, 6) is 1.21. The first-order chi connectivity index (χ1) is 7.27. The number of guanidine groups is 1. The maximum absolute atomic E-state index is 5.73. The first-order valence-corrected chi connectivity index (χ1v) is 5.31. The van der Waals surface area contributed by atoms with Crippen LogP contribution >= 0.6 is 0 Å². The van der Waals surface area contributed by atoms with Gasteiger partial charge in [-0.2, -0.15) is 0 Å². The highest BCUT2D eigenvalue weighted by Gasteiger charge is 2.23. The van der Waals surface area contributed by atoms with Crippen molar-refractivity contribution in [3.63, 3.8) is 0 Å². The van der Waals surface area contributed by atoms with Crippen molar-refractivity contribution in [1.82, 2.24) is 4.90 Å². The molecule has 0 radical (unpaired) electrons. The van der Waals surface area contributed by atoms with Crippen molar-refractivity contribution in [3.05, 3.63) is 0 Å². The van der Waals surface area contributed by atoms with Gasteiger partial charge in [-0.05, 0) is 6.42 Å². The fraction of sp³-hybridized carbons (Fsp3) is 0.900. The van der Waals surface area contributed by atoms with Crippen LogP contribution in [0.4, 0.5) is 0 Å². The average molecular weight is 215 g/mol. The summed E-state index contributed by atoms with van der Waals surface area (Å²) in [6.45, 7) is 4.06. The van der Waals surface area contributed by atoms with Gasteiger partial charge in [-0.3, -0.25) is 4.99 Å². The molecule has 0 amide bonds. The normalized spacial score (nSPS) is 22.4. The van der Waals surface area contributed by atoms with Crippen LogP contribution in [0.2, 0.25) is 0 Å². The van der Waals surface area contributed by atoms with Crippen molar-refractivity contribution in [1.29, 1.82) is 0 Å². The van der Waals surface area contributed by atoms with Crippen LogP contribution in [0.25, 0.3) is 0 Å². The molecule has 1 aliphatic rings. The van der Waals surface area contributed by atoms with Crippen molar-refractivity contribution in [2.75, 3.05) is 47.1 Å². The molecule has 5 heteroatoms. The minimum absolute atomic E-state index is 0.571. The third-order valence-corrected chi connectivity index (χ3v) is 2.62. The van der Waals surface area contributed by atoms with E-state index in [9.17, 15) is 0 Å². The molecule has 88 valence electrons. The fourth-order valence-electron chi connectivity index (χ4n) is 1.71. The first-order valence-electron chi connectivity index (χ1n) is 5.31. The number of nitrogens with two attached hydrogens (primary N) is 1. The van der Waals surface area contributed by atoms with E-state index in [1.54, 1.807) is 14.2 Å². The molecule has 1 unspecified atom stereocenters. The highest BCUT2D eigenvalue weighted by Crippen LogP contribution is 2.15. The van der Waals surface area contributed by atoms with Gasteiger partial charge < -0.3 is 20.1 Å². The van der Waals surface area contributed by atoms with E-state index >= 15 is 0 Å². The molecule has 0 aromatic heterocycles. The Morgan fingerprint density at radius 2 is 2.33 bits per heavy atom. The topological polar surface area (TPSA) is 60.1 Å². The molecule has 1 rings (SSSR count). The smallest absolute Gasteiger partial charge is 0.190 e. The number of aliphatic imine (C=N–C) groups is 1. The maximum atomic E-state index is 5.73. The van der Waals surface area contributed by atoms with E-state index in [1.165, 1.54) is 0 Å².